The third-order valence-electron chi connectivity index (χ3n) is 1.90. The van der Waals surface area contributed by atoms with Crippen molar-refractivity contribution in [2.75, 3.05) is 6.61 Å². The number of aromatic carboxylic acids is 1. The minimum Gasteiger partial charge on any atom is -0.545 e. The van der Waals surface area contributed by atoms with Gasteiger partial charge in [-0.05, 0) is 23.6 Å². The summed E-state index contributed by atoms with van der Waals surface area (Å²) in [7, 11) is 0. The van der Waals surface area contributed by atoms with Crippen molar-refractivity contribution < 1.29 is 38.3 Å². The number of carbonyl (C=O) groups is 2. The molecule has 1 aromatic carbocycles. The van der Waals surface area contributed by atoms with E-state index in [1.165, 1.54) is 24.3 Å². The molecule has 0 heterocycles. The molecule has 86 valence electrons. The molecule has 0 fully saturated rings. The van der Waals surface area contributed by atoms with Gasteiger partial charge in [0.2, 0.25) is 0 Å². The summed E-state index contributed by atoms with van der Waals surface area (Å²) in [6.07, 6.45) is 0. The average Bonchev–Trinajstić information content (AvgIpc) is 2.26. The molecule has 0 N–H and O–H groups in total. The van der Waals surface area contributed by atoms with Gasteiger partial charge in [0.25, 0.3) is 0 Å². The van der Waals surface area contributed by atoms with Gasteiger partial charge < -0.3 is 14.6 Å². The van der Waals surface area contributed by atoms with Crippen LogP contribution in [-0.4, -0.2) is 18.5 Å². The van der Waals surface area contributed by atoms with Crippen molar-refractivity contribution in [1.29, 1.82) is 0 Å². The number of rotatable bonds is 4. The summed E-state index contributed by atoms with van der Waals surface area (Å²) in [6, 6.07) is 5.46. The van der Waals surface area contributed by atoms with E-state index in [0.29, 0.717) is 12.2 Å². The Bertz CT molecular complexity index is 384. The second-order valence-electron chi connectivity index (χ2n) is 3.86. The normalized spacial score (nSPS) is 9.59. The van der Waals surface area contributed by atoms with Crippen LogP contribution in [0.4, 0.5) is 0 Å². The van der Waals surface area contributed by atoms with E-state index in [0.717, 1.165) is 0 Å². The van der Waals surface area contributed by atoms with E-state index >= 15 is 0 Å². The van der Waals surface area contributed by atoms with Crippen LogP contribution in [0.3, 0.4) is 0 Å². The van der Waals surface area contributed by atoms with E-state index in [2.05, 4.69) is 0 Å². The van der Waals surface area contributed by atoms with Gasteiger partial charge in [0.05, 0.1) is 18.1 Å². The van der Waals surface area contributed by atoms with Gasteiger partial charge >= 0.3 is 24.8 Å². The SMILES string of the molecule is CC(C)COC(=O)c1ccc(C(=O)[O-])cc1.[Li+]. The van der Waals surface area contributed by atoms with Crippen LogP contribution in [0.1, 0.15) is 34.6 Å². The van der Waals surface area contributed by atoms with Crippen molar-refractivity contribution in [2.24, 2.45) is 5.92 Å². The fourth-order valence-corrected chi connectivity index (χ4v) is 1.07. The fraction of sp³-hybridized carbons (Fsp3) is 0.333. The van der Waals surface area contributed by atoms with Crippen molar-refractivity contribution in [3.05, 3.63) is 35.4 Å². The second kappa shape index (κ2) is 7.16. The van der Waals surface area contributed by atoms with Gasteiger partial charge in [0.1, 0.15) is 0 Å². The Morgan fingerprint density at radius 2 is 1.65 bits per heavy atom. The van der Waals surface area contributed by atoms with Gasteiger partial charge in [-0.25, -0.2) is 4.79 Å². The van der Waals surface area contributed by atoms with Crippen LogP contribution in [-0.2, 0) is 4.74 Å². The maximum absolute atomic E-state index is 11.4. The third kappa shape index (κ3) is 5.07. The van der Waals surface area contributed by atoms with E-state index in [4.69, 9.17) is 4.74 Å². The monoisotopic (exact) mass is 228 g/mol. The molecule has 4 nitrogen and oxygen atoms in total. The summed E-state index contributed by atoms with van der Waals surface area (Å²) >= 11 is 0. The molecule has 1 aromatic rings. The summed E-state index contributed by atoms with van der Waals surface area (Å²) in [6.45, 7) is 4.22. The zero-order valence-corrected chi connectivity index (χ0v) is 10.2. The molecular formula is C12H13LiO4. The molecule has 0 saturated carbocycles. The average molecular weight is 228 g/mol. The van der Waals surface area contributed by atoms with Gasteiger partial charge in [0.15, 0.2) is 0 Å². The zero-order valence-electron chi connectivity index (χ0n) is 10.2. The zero-order chi connectivity index (χ0) is 12.1. The molecule has 5 heteroatoms. The van der Waals surface area contributed by atoms with Crippen LogP contribution in [0.25, 0.3) is 0 Å². The van der Waals surface area contributed by atoms with Gasteiger partial charge in [0, 0.05) is 0 Å². The maximum Gasteiger partial charge on any atom is 1.00 e. The minimum absolute atomic E-state index is 0. The van der Waals surface area contributed by atoms with Gasteiger partial charge in [-0.1, -0.05) is 26.0 Å². The van der Waals surface area contributed by atoms with E-state index in [1.807, 2.05) is 13.8 Å². The molecule has 1 rings (SSSR count). The molecule has 0 amide bonds. The first-order valence-electron chi connectivity index (χ1n) is 4.99. The summed E-state index contributed by atoms with van der Waals surface area (Å²) < 4.78 is 4.99. The van der Waals surface area contributed by atoms with Crippen molar-refractivity contribution in [1.82, 2.24) is 0 Å². The Balaban J connectivity index is 0.00000256. The Kier molecular flexibility index (Phi) is 6.63. The van der Waals surface area contributed by atoms with Crippen LogP contribution in [0.5, 0.6) is 0 Å². The number of hydrogen-bond donors (Lipinski definition) is 0. The van der Waals surface area contributed by atoms with Gasteiger partial charge in [-0.2, -0.15) is 0 Å². The molecule has 0 aliphatic rings. The van der Waals surface area contributed by atoms with E-state index in [1.54, 1.807) is 0 Å². The first kappa shape index (κ1) is 15.8. The second-order valence-corrected chi connectivity index (χ2v) is 3.86. The number of hydrogen-bond acceptors (Lipinski definition) is 4. The first-order valence-corrected chi connectivity index (χ1v) is 4.99. The quantitative estimate of drug-likeness (QED) is 0.436. The van der Waals surface area contributed by atoms with Crippen LogP contribution in [0, 0.1) is 5.92 Å². The number of benzene rings is 1. The third-order valence-corrected chi connectivity index (χ3v) is 1.90. The van der Waals surface area contributed by atoms with E-state index < -0.39 is 11.9 Å². The Hall–Kier alpha value is -1.24. The Morgan fingerprint density at radius 1 is 1.18 bits per heavy atom. The number of carboxylic acids is 1. The van der Waals surface area contributed by atoms with Crippen LogP contribution < -0.4 is 24.0 Å². The van der Waals surface area contributed by atoms with Crippen LogP contribution in [0.15, 0.2) is 24.3 Å². The maximum atomic E-state index is 11.4. The van der Waals surface area contributed by atoms with Crippen molar-refractivity contribution in [2.45, 2.75) is 13.8 Å². The largest absolute Gasteiger partial charge is 1.00 e. The Labute approximate surface area is 112 Å². The molecule has 0 radical (unpaired) electrons. The molecule has 0 saturated heterocycles. The first-order chi connectivity index (χ1) is 7.50. The minimum atomic E-state index is -1.26. The van der Waals surface area contributed by atoms with Crippen molar-refractivity contribution >= 4 is 11.9 Å². The van der Waals surface area contributed by atoms with E-state index in [9.17, 15) is 14.7 Å². The number of esters is 1. The molecule has 0 unspecified atom stereocenters. The molecule has 0 atom stereocenters. The topological polar surface area (TPSA) is 66.4 Å². The van der Waals surface area contributed by atoms with Crippen LogP contribution >= 0.6 is 0 Å². The predicted octanol–water partition coefficient (Wildman–Crippen LogP) is -2.13. The summed E-state index contributed by atoms with van der Waals surface area (Å²) in [5.41, 5.74) is 0.381. The molecular weight excluding hydrogens is 215 g/mol. The smallest absolute Gasteiger partial charge is 0.545 e. The molecule has 0 aromatic heterocycles. The summed E-state index contributed by atoms with van der Waals surface area (Å²) in [5.74, 6) is -1.44. The summed E-state index contributed by atoms with van der Waals surface area (Å²) in [5, 5.41) is 10.5. The molecule has 0 aliphatic heterocycles. The molecule has 17 heavy (non-hydrogen) atoms. The summed E-state index contributed by atoms with van der Waals surface area (Å²) in [4.78, 5) is 21.9. The van der Waals surface area contributed by atoms with Crippen molar-refractivity contribution in [3.8, 4) is 0 Å². The predicted molar refractivity (Wildman–Crippen MR) is 55.9 cm³/mol. The number of carbonyl (C=O) groups excluding carboxylic acids is 2. The van der Waals surface area contributed by atoms with Gasteiger partial charge in [-0.15, -0.1) is 0 Å². The standard InChI is InChI=1S/C12H14O4.Li/c1-8(2)7-16-12(15)10-5-3-9(4-6-10)11(13)14;/h3-6,8H,7H2,1-2H3,(H,13,14);/q;+1/p-1. The number of ether oxygens (including phenoxy) is 1. The number of carboxylic acid groups (broad SMARTS) is 1. The van der Waals surface area contributed by atoms with Gasteiger partial charge in [-0.3, -0.25) is 0 Å². The van der Waals surface area contributed by atoms with Crippen molar-refractivity contribution in [3.63, 3.8) is 0 Å². The van der Waals surface area contributed by atoms with Crippen LogP contribution in [0.2, 0.25) is 0 Å². The molecule has 0 spiro atoms. The fourth-order valence-electron chi connectivity index (χ4n) is 1.07. The van der Waals surface area contributed by atoms with E-state index in [-0.39, 0.29) is 30.3 Å². The Morgan fingerprint density at radius 3 is 2.06 bits per heavy atom. The molecule has 0 bridgehead atoms. The molecule has 0 aliphatic carbocycles.